The molecule has 0 bridgehead atoms. The molecule has 4 fully saturated rings. The van der Waals surface area contributed by atoms with Crippen LogP contribution in [0.1, 0.15) is 75.1 Å². The summed E-state index contributed by atoms with van der Waals surface area (Å²) in [5.74, 6) is 3.23. The number of rotatable bonds is 17. The highest BCUT2D eigenvalue weighted by Gasteiger charge is 2.30. The lowest BCUT2D eigenvalue weighted by Gasteiger charge is -2.35. The molecule has 1 N–H and O–H groups in total. The highest BCUT2D eigenvalue weighted by Crippen LogP contribution is 2.37. The van der Waals surface area contributed by atoms with E-state index in [1.807, 2.05) is 95.1 Å². The largest absolute Gasteiger partial charge is 0.380 e. The molecule has 0 saturated carbocycles. The van der Waals surface area contributed by atoms with E-state index in [-0.39, 0.29) is 23.7 Å². The van der Waals surface area contributed by atoms with Gasteiger partial charge in [-0.3, -0.25) is 4.90 Å². The summed E-state index contributed by atoms with van der Waals surface area (Å²) in [6.07, 6.45) is 9.67. The number of pyridine rings is 2. The molecule has 12 rings (SSSR count). The molecule has 0 amide bonds. The first kappa shape index (κ1) is 56.1. The maximum atomic E-state index is 14.0. The zero-order valence-electron chi connectivity index (χ0n) is 46.0. The molecule has 0 unspecified atom stereocenters. The Balaban J connectivity index is 0.000000162. The van der Waals surface area contributed by atoms with Crippen molar-refractivity contribution in [3.8, 4) is 34.9 Å². The van der Waals surface area contributed by atoms with Crippen LogP contribution in [0, 0.1) is 34.3 Å². The molecule has 10 heterocycles. The zero-order chi connectivity index (χ0) is 55.8. The molecule has 4 saturated heterocycles. The number of hydrogen-bond acceptors (Lipinski definition) is 16. The molecule has 4 aliphatic rings. The molecule has 18 nitrogen and oxygen atoms in total. The van der Waals surface area contributed by atoms with Crippen LogP contribution in [0.4, 0.5) is 32.1 Å². The van der Waals surface area contributed by atoms with Crippen LogP contribution in [-0.2, 0) is 9.47 Å². The number of halogens is 2. The second-order valence-corrected chi connectivity index (χ2v) is 20.4. The van der Waals surface area contributed by atoms with Crippen molar-refractivity contribution in [2.24, 2.45) is 0 Å². The smallest absolute Gasteiger partial charge is 0.154 e. The Morgan fingerprint density at radius 3 is 1.54 bits per heavy atom. The van der Waals surface area contributed by atoms with E-state index in [4.69, 9.17) is 40.2 Å². The molecule has 2 atom stereocenters. The average Bonchev–Trinajstić information content (AvgIpc) is 4.44. The molecule has 0 spiro atoms. The topological polar surface area (TPSA) is 180 Å². The molecule has 8 aromatic rings. The molecule has 6 aromatic heterocycles. The summed E-state index contributed by atoms with van der Waals surface area (Å²) in [4.78, 5) is 30.6. The van der Waals surface area contributed by atoms with E-state index in [1.165, 1.54) is 12.1 Å². The molecule has 81 heavy (non-hydrogen) atoms. The van der Waals surface area contributed by atoms with Gasteiger partial charge in [0.05, 0.1) is 80.7 Å². The van der Waals surface area contributed by atoms with Gasteiger partial charge >= 0.3 is 0 Å². The van der Waals surface area contributed by atoms with Crippen molar-refractivity contribution in [1.29, 1.82) is 10.5 Å². The summed E-state index contributed by atoms with van der Waals surface area (Å²) >= 11 is 0. The number of benzene rings is 2. The minimum Gasteiger partial charge on any atom is -0.380 e. The molecular weight excluding hydrogens is 1030 g/mol. The zero-order valence-corrected chi connectivity index (χ0v) is 46.0. The van der Waals surface area contributed by atoms with Gasteiger partial charge in [0.15, 0.2) is 11.3 Å². The first-order chi connectivity index (χ1) is 39.9. The number of nitriles is 2. The fourth-order valence-electron chi connectivity index (χ4n) is 10.9. The number of piperazine rings is 2. The van der Waals surface area contributed by atoms with E-state index in [1.54, 1.807) is 24.3 Å². The quantitative estimate of drug-likeness (QED) is 0.0852. The van der Waals surface area contributed by atoms with Crippen LogP contribution in [0.3, 0.4) is 0 Å². The normalized spacial score (nSPS) is 17.4. The third-order valence-electron chi connectivity index (χ3n) is 15.0. The van der Waals surface area contributed by atoms with Crippen molar-refractivity contribution >= 4 is 34.6 Å². The van der Waals surface area contributed by atoms with Gasteiger partial charge in [-0.05, 0) is 116 Å². The Kier molecular flexibility index (Phi) is 19.3. The maximum absolute atomic E-state index is 14.0. The Bertz CT molecular complexity index is 3400. The number of nitrogens with one attached hydrogen (secondary N) is 1. The van der Waals surface area contributed by atoms with Gasteiger partial charge in [-0.1, -0.05) is 43.3 Å². The Morgan fingerprint density at radius 2 is 1.05 bits per heavy atom. The van der Waals surface area contributed by atoms with Crippen LogP contribution in [0.5, 0.6) is 0 Å². The summed E-state index contributed by atoms with van der Waals surface area (Å²) in [7, 11) is 0. The maximum Gasteiger partial charge on any atom is 0.154 e. The number of nitrogens with zero attached hydrogens (tertiary/aromatic N) is 15. The number of fused-ring (bicyclic) bond motifs is 2. The monoisotopic (exact) mass is 1100 g/mol. The summed E-state index contributed by atoms with van der Waals surface area (Å²) in [6.45, 7) is 14.7. The number of ether oxygens (including phenoxy) is 2. The second kappa shape index (κ2) is 27.8. The minimum absolute atomic E-state index is 0.0943. The molecule has 0 radical (unpaired) electrons. The fraction of sp³-hybridized carbons (Fsp3) is 0.410. The van der Waals surface area contributed by atoms with Gasteiger partial charge in [-0.25, -0.2) is 37.7 Å². The predicted octanol–water partition coefficient (Wildman–Crippen LogP) is 9.33. The fourth-order valence-corrected chi connectivity index (χ4v) is 10.9. The van der Waals surface area contributed by atoms with Crippen LogP contribution in [-0.4, -0.2) is 142 Å². The summed E-state index contributed by atoms with van der Waals surface area (Å²) < 4.78 is 42.1. The van der Waals surface area contributed by atoms with E-state index in [2.05, 4.69) is 58.0 Å². The summed E-state index contributed by atoms with van der Waals surface area (Å²) in [5.41, 5.74) is 6.90. The van der Waals surface area contributed by atoms with Gasteiger partial charge in [0.1, 0.15) is 46.3 Å². The Labute approximate surface area is 472 Å². The molecular formula is C61H70F2N16O2. The summed E-state index contributed by atoms with van der Waals surface area (Å²) in [6, 6.07) is 38.3. The lowest BCUT2D eigenvalue weighted by Crippen LogP contribution is -2.47. The van der Waals surface area contributed by atoms with E-state index >= 15 is 0 Å². The van der Waals surface area contributed by atoms with Gasteiger partial charge in [-0.2, -0.15) is 10.5 Å². The predicted molar refractivity (Wildman–Crippen MR) is 310 cm³/mol. The Morgan fingerprint density at radius 1 is 0.556 bits per heavy atom. The van der Waals surface area contributed by atoms with Crippen LogP contribution in [0.25, 0.3) is 34.1 Å². The lowest BCUT2D eigenvalue weighted by molar-refractivity contribution is 0.105. The van der Waals surface area contributed by atoms with Crippen molar-refractivity contribution in [1.82, 2.24) is 49.4 Å². The van der Waals surface area contributed by atoms with Crippen molar-refractivity contribution in [2.45, 2.75) is 64.0 Å². The number of imidazole rings is 2. The van der Waals surface area contributed by atoms with E-state index in [9.17, 15) is 8.78 Å². The standard InChI is InChI=1S/C30H33FN8O.C25H26FN7.C6H11NO/c31-24-6-1-5-23(21-24)26-8-3-13-38(26)30-11-10-28-33-22-27(39(28)35-30)25-7-2-9-29(34-25)37-16-14-36(15-17-37)18-20-40-19-4-12-32;26-19-5-1-4-18(16-19)21-7-3-13-32(21)25-10-9-23-28-17-22(33(23)30-25)20-6-2-8-24(29-20)31-14-11-27-12-15-31;1-2-5-8-6-3-4-7/h1-2,5-7,9-11,21-22,26H,3-4,8,13-20H2;1-2,4-6,8-10,16-17,21,27H,3,7,11-15H2;2-3,5-6H2,1H3/t26-;21-;/m11./s1. The van der Waals surface area contributed by atoms with E-state index in [0.29, 0.717) is 32.7 Å². The van der Waals surface area contributed by atoms with E-state index in [0.717, 1.165) is 179 Å². The third-order valence-corrected chi connectivity index (χ3v) is 15.0. The molecule has 0 aliphatic carbocycles. The average molecular weight is 1100 g/mol. The minimum atomic E-state index is -0.210. The van der Waals surface area contributed by atoms with Crippen molar-refractivity contribution < 1.29 is 18.3 Å². The van der Waals surface area contributed by atoms with Crippen molar-refractivity contribution in [3.05, 3.63) is 144 Å². The molecule has 2 aromatic carbocycles. The lowest BCUT2D eigenvalue weighted by atomic mass is 10.0. The van der Waals surface area contributed by atoms with Gasteiger partial charge in [0, 0.05) is 78.6 Å². The Hall–Kier alpha value is -8.14. The number of hydrogen-bond donors (Lipinski definition) is 1. The van der Waals surface area contributed by atoms with Crippen LogP contribution in [0.15, 0.2) is 122 Å². The van der Waals surface area contributed by atoms with Crippen LogP contribution in [0.2, 0.25) is 0 Å². The van der Waals surface area contributed by atoms with E-state index < -0.39 is 0 Å². The number of anilines is 4. The molecule has 4 aliphatic heterocycles. The van der Waals surface area contributed by atoms with Crippen LogP contribution < -0.4 is 24.9 Å². The first-order valence-corrected chi connectivity index (χ1v) is 28.4. The highest BCUT2D eigenvalue weighted by atomic mass is 19.1. The van der Waals surface area contributed by atoms with Crippen molar-refractivity contribution in [2.75, 3.05) is 118 Å². The van der Waals surface area contributed by atoms with Gasteiger partial charge in [0.25, 0.3) is 0 Å². The third kappa shape index (κ3) is 14.1. The van der Waals surface area contributed by atoms with Crippen LogP contribution >= 0.6 is 0 Å². The first-order valence-electron chi connectivity index (χ1n) is 28.4. The SMILES string of the molecule is CCCOCCC#N.Fc1cccc([C@H]2CCCN2c2ccc3ncc(-c4cccc(N5CCNCC5)n4)n3n2)c1.N#CCCOCCN1CCN(c2cccc(-c3cnc4ccc(N5CCC[C@@H]5c5cccc(F)c5)nn34)n2)CC1. The molecule has 420 valence electrons. The second-order valence-electron chi connectivity index (χ2n) is 20.4. The summed E-state index contributed by atoms with van der Waals surface area (Å²) in [5, 5.41) is 30.0. The van der Waals surface area contributed by atoms with Gasteiger partial charge < -0.3 is 34.4 Å². The van der Waals surface area contributed by atoms with Gasteiger partial charge in [-0.15, -0.1) is 10.2 Å². The number of aromatic nitrogens is 8. The molecule has 20 heteroatoms. The van der Waals surface area contributed by atoms with Crippen molar-refractivity contribution in [3.63, 3.8) is 0 Å². The van der Waals surface area contributed by atoms with Gasteiger partial charge in [0.2, 0.25) is 0 Å². The highest BCUT2D eigenvalue weighted by molar-refractivity contribution is 5.64.